The molecule has 1 unspecified atom stereocenters. The van der Waals surface area contributed by atoms with Gasteiger partial charge in [-0.15, -0.1) is 0 Å². The first-order valence-electron chi connectivity index (χ1n) is 10.3. The smallest absolute Gasteiger partial charge is 0.340 e. The Balaban J connectivity index is 1.63. The number of ether oxygens (including phenoxy) is 1. The van der Waals surface area contributed by atoms with Gasteiger partial charge in [0, 0.05) is 28.7 Å². The maximum Gasteiger partial charge on any atom is 0.340 e. The normalized spacial score (nSPS) is 13.0. The molecule has 1 amide bonds. The molecule has 3 aromatic rings. The van der Waals surface area contributed by atoms with Gasteiger partial charge in [0.2, 0.25) is 5.76 Å². The van der Waals surface area contributed by atoms with Crippen LogP contribution < -0.4 is 11.1 Å². The predicted molar refractivity (Wildman–Crippen MR) is 121 cm³/mol. The number of H-pyrrole nitrogens is 1. The van der Waals surface area contributed by atoms with E-state index in [9.17, 15) is 19.8 Å². The summed E-state index contributed by atoms with van der Waals surface area (Å²) in [6.45, 7) is 4.68. The second-order valence-electron chi connectivity index (χ2n) is 7.54. The molecule has 0 saturated heterocycles. The number of hydrogen-bond donors (Lipinski definition) is 5. The molecule has 8 heteroatoms. The number of benzene rings is 2. The average molecular weight is 437 g/mol. The number of aromatic nitrogens is 1. The Kier molecular flexibility index (Phi) is 7.29. The molecule has 6 N–H and O–H groups in total. The van der Waals surface area contributed by atoms with Crippen LogP contribution in [0.1, 0.15) is 29.3 Å². The van der Waals surface area contributed by atoms with E-state index in [1.165, 1.54) is 17.9 Å². The lowest BCUT2D eigenvalue weighted by Crippen LogP contribution is -2.22. The van der Waals surface area contributed by atoms with Gasteiger partial charge in [0.15, 0.2) is 5.76 Å². The van der Waals surface area contributed by atoms with Crippen molar-refractivity contribution in [1.82, 2.24) is 10.3 Å². The van der Waals surface area contributed by atoms with Crippen LogP contribution >= 0.6 is 0 Å². The van der Waals surface area contributed by atoms with E-state index >= 15 is 0 Å². The van der Waals surface area contributed by atoms with Crippen molar-refractivity contribution in [1.29, 1.82) is 0 Å². The van der Waals surface area contributed by atoms with Gasteiger partial charge >= 0.3 is 5.97 Å². The van der Waals surface area contributed by atoms with Crippen molar-refractivity contribution in [3.63, 3.8) is 0 Å². The van der Waals surface area contributed by atoms with Crippen LogP contribution in [0.15, 0.2) is 54.3 Å². The van der Waals surface area contributed by atoms with Crippen molar-refractivity contribution in [2.75, 3.05) is 6.54 Å². The number of primary amides is 1. The molecule has 32 heavy (non-hydrogen) atoms. The number of aromatic amines is 1. The Labute approximate surface area is 185 Å². The quantitative estimate of drug-likeness (QED) is 0.151. The third kappa shape index (κ3) is 5.35. The van der Waals surface area contributed by atoms with Gasteiger partial charge < -0.3 is 31.0 Å². The fourth-order valence-corrected chi connectivity index (χ4v) is 3.42. The third-order valence-electron chi connectivity index (χ3n) is 5.12. The van der Waals surface area contributed by atoms with Crippen molar-refractivity contribution in [3.05, 3.63) is 76.7 Å². The van der Waals surface area contributed by atoms with E-state index in [1.54, 1.807) is 24.3 Å². The minimum Gasteiger partial charge on any atom is -0.500 e. The van der Waals surface area contributed by atoms with Gasteiger partial charge in [-0.25, -0.2) is 4.79 Å². The SMILES string of the molecule is Cc1[nH]c2ccccc2c1CCNCc1ccc(/C(OC(=O)C(C)O)=C(\O)C(N)=O)cc1. The number of carbonyl (C=O) groups excluding carboxylic acids is 2. The van der Waals surface area contributed by atoms with Crippen molar-refractivity contribution in [2.45, 2.75) is 32.9 Å². The standard InChI is InChI=1S/C24H27N3O5/c1-14-18(19-5-3-4-6-20(19)27-14)11-12-26-13-16-7-9-17(10-8-16)22(21(29)23(25)30)32-24(31)15(2)28/h3-10,15,26-29H,11-13H2,1-2H3,(H2,25,30)/b22-21+. The molecule has 0 aliphatic rings. The first kappa shape index (κ1) is 23.1. The Morgan fingerprint density at radius 1 is 1.16 bits per heavy atom. The molecular weight excluding hydrogens is 410 g/mol. The zero-order chi connectivity index (χ0) is 23.3. The molecule has 0 aliphatic heterocycles. The summed E-state index contributed by atoms with van der Waals surface area (Å²) in [5.41, 5.74) is 9.95. The van der Waals surface area contributed by atoms with Gasteiger partial charge in [-0.05, 0) is 44.0 Å². The molecule has 2 aromatic carbocycles. The summed E-state index contributed by atoms with van der Waals surface area (Å²) in [6.07, 6.45) is -0.544. The summed E-state index contributed by atoms with van der Waals surface area (Å²) in [6, 6.07) is 15.0. The molecule has 8 nitrogen and oxygen atoms in total. The summed E-state index contributed by atoms with van der Waals surface area (Å²) < 4.78 is 4.97. The lowest BCUT2D eigenvalue weighted by atomic mass is 10.1. The maximum absolute atomic E-state index is 11.7. The largest absolute Gasteiger partial charge is 0.500 e. The zero-order valence-electron chi connectivity index (χ0n) is 18.0. The van der Waals surface area contributed by atoms with Gasteiger partial charge in [-0.2, -0.15) is 0 Å². The number of aliphatic hydroxyl groups excluding tert-OH is 2. The van der Waals surface area contributed by atoms with E-state index in [2.05, 4.69) is 29.4 Å². The highest BCUT2D eigenvalue weighted by atomic mass is 16.6. The monoisotopic (exact) mass is 437 g/mol. The fourth-order valence-electron chi connectivity index (χ4n) is 3.42. The third-order valence-corrected chi connectivity index (χ3v) is 5.12. The number of esters is 1. The first-order valence-corrected chi connectivity index (χ1v) is 10.3. The predicted octanol–water partition coefficient (Wildman–Crippen LogP) is 2.44. The number of nitrogens with one attached hydrogen (secondary N) is 2. The van der Waals surface area contributed by atoms with Gasteiger partial charge in [-0.1, -0.05) is 42.5 Å². The van der Waals surface area contributed by atoms with Crippen LogP contribution in [0.25, 0.3) is 16.7 Å². The highest BCUT2D eigenvalue weighted by Gasteiger charge is 2.21. The number of aliphatic hydroxyl groups is 2. The highest BCUT2D eigenvalue weighted by molar-refractivity contribution is 5.98. The van der Waals surface area contributed by atoms with E-state index < -0.39 is 29.5 Å². The number of amides is 1. The lowest BCUT2D eigenvalue weighted by molar-refractivity contribution is -0.145. The molecule has 0 spiro atoms. The van der Waals surface area contributed by atoms with E-state index in [4.69, 9.17) is 10.5 Å². The zero-order valence-corrected chi connectivity index (χ0v) is 18.0. The number of aryl methyl sites for hydroxylation is 1. The molecule has 168 valence electrons. The number of fused-ring (bicyclic) bond motifs is 1. The Morgan fingerprint density at radius 3 is 2.50 bits per heavy atom. The van der Waals surface area contributed by atoms with Gasteiger partial charge in [-0.3, -0.25) is 4.79 Å². The van der Waals surface area contributed by atoms with E-state index in [0.29, 0.717) is 6.54 Å². The molecule has 0 radical (unpaired) electrons. The second-order valence-corrected chi connectivity index (χ2v) is 7.54. The maximum atomic E-state index is 11.7. The molecule has 0 bridgehead atoms. The molecular formula is C24H27N3O5. The number of nitrogens with two attached hydrogens (primary N) is 1. The van der Waals surface area contributed by atoms with Gasteiger partial charge in [0.1, 0.15) is 6.10 Å². The Morgan fingerprint density at radius 2 is 1.84 bits per heavy atom. The molecule has 1 aromatic heterocycles. The summed E-state index contributed by atoms with van der Waals surface area (Å²) in [4.78, 5) is 26.5. The summed E-state index contributed by atoms with van der Waals surface area (Å²) in [5, 5.41) is 23.9. The number of para-hydroxylation sites is 1. The van der Waals surface area contributed by atoms with Crippen LogP contribution in [-0.4, -0.2) is 39.7 Å². The summed E-state index contributed by atoms with van der Waals surface area (Å²) in [7, 11) is 0. The number of rotatable bonds is 9. The van der Waals surface area contributed by atoms with Crippen LogP contribution in [0.5, 0.6) is 0 Å². The minimum absolute atomic E-state index is 0.286. The average Bonchev–Trinajstić information content (AvgIpc) is 3.09. The minimum atomic E-state index is -1.42. The summed E-state index contributed by atoms with van der Waals surface area (Å²) >= 11 is 0. The van der Waals surface area contributed by atoms with Gasteiger partial charge in [0.25, 0.3) is 5.91 Å². The Bertz CT molecular complexity index is 1150. The number of carbonyl (C=O) groups is 2. The van der Waals surface area contributed by atoms with Crippen LogP contribution in [0.4, 0.5) is 0 Å². The summed E-state index contributed by atoms with van der Waals surface area (Å²) in [5.74, 6) is -3.43. The first-order chi connectivity index (χ1) is 15.3. The van der Waals surface area contributed by atoms with E-state index in [0.717, 1.165) is 29.7 Å². The van der Waals surface area contributed by atoms with E-state index in [-0.39, 0.29) is 5.56 Å². The molecule has 0 saturated carbocycles. The molecule has 3 rings (SSSR count). The van der Waals surface area contributed by atoms with Gasteiger partial charge in [0.05, 0.1) is 0 Å². The highest BCUT2D eigenvalue weighted by Crippen LogP contribution is 2.23. The molecule has 1 atom stereocenters. The second kappa shape index (κ2) is 10.1. The topological polar surface area (TPSA) is 138 Å². The van der Waals surface area contributed by atoms with Crippen LogP contribution in [0.3, 0.4) is 0 Å². The van der Waals surface area contributed by atoms with Crippen molar-refractivity contribution in [2.24, 2.45) is 5.73 Å². The van der Waals surface area contributed by atoms with Crippen LogP contribution in [0.2, 0.25) is 0 Å². The molecule has 0 fully saturated rings. The fraction of sp³-hybridized carbons (Fsp3) is 0.250. The molecule has 0 aliphatic carbocycles. The van der Waals surface area contributed by atoms with Crippen molar-refractivity contribution >= 4 is 28.5 Å². The van der Waals surface area contributed by atoms with Crippen molar-refractivity contribution in [3.8, 4) is 0 Å². The van der Waals surface area contributed by atoms with Crippen molar-refractivity contribution < 1.29 is 24.5 Å². The van der Waals surface area contributed by atoms with E-state index in [1.807, 2.05) is 12.1 Å². The lowest BCUT2D eigenvalue weighted by Gasteiger charge is -2.12. The van der Waals surface area contributed by atoms with Crippen LogP contribution in [0, 0.1) is 6.92 Å². The number of hydrogen-bond acceptors (Lipinski definition) is 6. The molecule has 1 heterocycles. The Hall–Kier alpha value is -3.62. The van der Waals surface area contributed by atoms with Crippen LogP contribution in [-0.2, 0) is 27.3 Å².